The fourth-order valence-corrected chi connectivity index (χ4v) is 2.43. The molecule has 0 amide bonds. The molecule has 0 saturated carbocycles. The molecule has 0 aliphatic carbocycles. The van der Waals surface area contributed by atoms with Crippen LogP contribution in [0.4, 0.5) is 4.39 Å². The number of halogens is 1. The summed E-state index contributed by atoms with van der Waals surface area (Å²) in [6.45, 7) is 5.89. The van der Waals surface area contributed by atoms with E-state index in [0.29, 0.717) is 28.8 Å². The number of hydrogen-bond acceptors (Lipinski definition) is 5. The van der Waals surface area contributed by atoms with Gasteiger partial charge in [-0.2, -0.15) is 0 Å². The SMILES string of the molecule is C=C(N)Cn1c(C)nnc1S/C=C/C(=O)c1ccc(F)cc1. The van der Waals surface area contributed by atoms with Crippen molar-refractivity contribution in [3.05, 3.63) is 65.2 Å². The molecule has 0 aliphatic heterocycles. The van der Waals surface area contributed by atoms with Gasteiger partial charge in [0.05, 0.1) is 6.54 Å². The summed E-state index contributed by atoms with van der Waals surface area (Å²) in [5.41, 5.74) is 6.52. The number of carbonyl (C=O) groups is 1. The van der Waals surface area contributed by atoms with Gasteiger partial charge in [0.2, 0.25) is 0 Å². The van der Waals surface area contributed by atoms with E-state index in [1.54, 1.807) is 9.98 Å². The van der Waals surface area contributed by atoms with Crippen molar-refractivity contribution in [2.75, 3.05) is 0 Å². The highest BCUT2D eigenvalue weighted by atomic mass is 32.2. The number of benzene rings is 1. The van der Waals surface area contributed by atoms with Crippen molar-refractivity contribution in [2.45, 2.75) is 18.6 Å². The van der Waals surface area contributed by atoms with Gasteiger partial charge < -0.3 is 10.3 Å². The smallest absolute Gasteiger partial charge is 0.195 e. The van der Waals surface area contributed by atoms with E-state index >= 15 is 0 Å². The van der Waals surface area contributed by atoms with Crippen molar-refractivity contribution in [3.8, 4) is 0 Å². The van der Waals surface area contributed by atoms with E-state index < -0.39 is 0 Å². The van der Waals surface area contributed by atoms with Crippen molar-refractivity contribution in [3.63, 3.8) is 0 Å². The lowest BCUT2D eigenvalue weighted by Gasteiger charge is -2.05. The van der Waals surface area contributed by atoms with Crippen LogP contribution in [-0.4, -0.2) is 20.5 Å². The Kier molecular flexibility index (Phi) is 5.11. The molecule has 0 fully saturated rings. The maximum Gasteiger partial charge on any atom is 0.195 e. The van der Waals surface area contributed by atoms with Crippen LogP contribution in [0.5, 0.6) is 0 Å². The van der Waals surface area contributed by atoms with Crippen LogP contribution in [0.2, 0.25) is 0 Å². The Morgan fingerprint density at radius 3 is 2.73 bits per heavy atom. The Bertz CT molecular complexity index is 722. The minimum atomic E-state index is -0.375. The predicted molar refractivity (Wildman–Crippen MR) is 83.8 cm³/mol. The number of nitrogens with zero attached hydrogens (tertiary/aromatic N) is 3. The first kappa shape index (κ1) is 16.0. The Morgan fingerprint density at radius 1 is 1.41 bits per heavy atom. The summed E-state index contributed by atoms with van der Waals surface area (Å²) in [6.07, 6.45) is 1.41. The number of ketones is 1. The first-order chi connectivity index (χ1) is 10.5. The Balaban J connectivity index is 2.05. The molecular formula is C15H15FN4OS. The van der Waals surface area contributed by atoms with Crippen molar-refractivity contribution in [1.82, 2.24) is 14.8 Å². The predicted octanol–water partition coefficient (Wildman–Crippen LogP) is 2.69. The summed E-state index contributed by atoms with van der Waals surface area (Å²) in [6, 6.07) is 5.39. The summed E-state index contributed by atoms with van der Waals surface area (Å²) < 4.78 is 14.6. The quantitative estimate of drug-likeness (QED) is 0.503. The average molecular weight is 318 g/mol. The van der Waals surface area contributed by atoms with Gasteiger partial charge in [0.25, 0.3) is 0 Å². The van der Waals surface area contributed by atoms with Crippen molar-refractivity contribution in [1.29, 1.82) is 0 Å². The van der Waals surface area contributed by atoms with Crippen molar-refractivity contribution >= 4 is 17.5 Å². The summed E-state index contributed by atoms with van der Waals surface area (Å²) in [5, 5.41) is 10.2. The third-order valence-corrected chi connectivity index (χ3v) is 3.57. The lowest BCUT2D eigenvalue weighted by atomic mass is 10.1. The molecule has 0 bridgehead atoms. The maximum absolute atomic E-state index is 12.8. The largest absolute Gasteiger partial charge is 0.401 e. The molecule has 22 heavy (non-hydrogen) atoms. The molecule has 0 atom stereocenters. The van der Waals surface area contributed by atoms with Gasteiger partial charge in [-0.1, -0.05) is 18.3 Å². The molecule has 1 aromatic carbocycles. The van der Waals surface area contributed by atoms with Gasteiger partial charge >= 0.3 is 0 Å². The molecule has 5 nitrogen and oxygen atoms in total. The lowest BCUT2D eigenvalue weighted by molar-refractivity contribution is 0.104. The highest BCUT2D eigenvalue weighted by molar-refractivity contribution is 8.02. The van der Waals surface area contributed by atoms with Crippen LogP contribution >= 0.6 is 11.8 Å². The monoisotopic (exact) mass is 318 g/mol. The number of aryl methyl sites for hydroxylation is 1. The van der Waals surface area contributed by atoms with E-state index in [4.69, 9.17) is 5.73 Å². The zero-order chi connectivity index (χ0) is 16.1. The molecular weight excluding hydrogens is 303 g/mol. The van der Waals surface area contributed by atoms with Gasteiger partial charge in [-0.05, 0) is 42.7 Å². The van der Waals surface area contributed by atoms with Crippen LogP contribution in [0.3, 0.4) is 0 Å². The first-order valence-electron chi connectivity index (χ1n) is 6.43. The third kappa shape index (κ3) is 4.05. The van der Waals surface area contributed by atoms with Crippen molar-refractivity contribution < 1.29 is 9.18 Å². The van der Waals surface area contributed by atoms with E-state index in [0.717, 1.165) is 0 Å². The zero-order valence-corrected chi connectivity index (χ0v) is 12.8. The first-order valence-corrected chi connectivity index (χ1v) is 7.31. The van der Waals surface area contributed by atoms with E-state index in [1.165, 1.54) is 42.1 Å². The number of nitrogens with two attached hydrogens (primary N) is 1. The van der Waals surface area contributed by atoms with E-state index in [2.05, 4.69) is 16.8 Å². The summed E-state index contributed by atoms with van der Waals surface area (Å²) in [4.78, 5) is 11.9. The normalized spacial score (nSPS) is 11.0. The summed E-state index contributed by atoms with van der Waals surface area (Å²) in [5.74, 6) is 0.131. The molecule has 7 heteroatoms. The van der Waals surface area contributed by atoms with Gasteiger partial charge in [0, 0.05) is 11.3 Å². The van der Waals surface area contributed by atoms with E-state index in [9.17, 15) is 9.18 Å². The van der Waals surface area contributed by atoms with Gasteiger partial charge in [-0.25, -0.2) is 4.39 Å². The zero-order valence-electron chi connectivity index (χ0n) is 12.0. The second-order valence-corrected chi connectivity index (χ2v) is 5.44. The summed E-state index contributed by atoms with van der Waals surface area (Å²) in [7, 11) is 0. The number of carbonyl (C=O) groups excluding carboxylic acids is 1. The second-order valence-electron chi connectivity index (χ2n) is 4.57. The lowest BCUT2D eigenvalue weighted by Crippen LogP contribution is -2.09. The molecule has 2 rings (SSSR count). The van der Waals surface area contributed by atoms with Crippen LogP contribution in [-0.2, 0) is 6.54 Å². The standard InChI is InChI=1S/C15H15FN4OS/c1-10(17)9-20-11(2)18-19-15(20)22-8-7-14(21)12-3-5-13(16)6-4-12/h3-8H,1,9,17H2,2H3/b8-7+. The van der Waals surface area contributed by atoms with E-state index in [-0.39, 0.29) is 11.6 Å². The van der Waals surface area contributed by atoms with Gasteiger partial charge in [0.1, 0.15) is 11.6 Å². The van der Waals surface area contributed by atoms with Crippen LogP contribution < -0.4 is 5.73 Å². The van der Waals surface area contributed by atoms with Crippen molar-refractivity contribution in [2.24, 2.45) is 5.73 Å². The molecule has 1 heterocycles. The van der Waals surface area contributed by atoms with Crippen LogP contribution in [0.15, 0.2) is 53.2 Å². The molecule has 0 radical (unpaired) electrons. The van der Waals surface area contributed by atoms with Crippen LogP contribution in [0.1, 0.15) is 16.2 Å². The molecule has 0 spiro atoms. The topological polar surface area (TPSA) is 73.8 Å². The molecule has 0 saturated heterocycles. The Labute approximate surface area is 131 Å². The Hall–Kier alpha value is -2.41. The number of thioether (sulfide) groups is 1. The minimum Gasteiger partial charge on any atom is -0.401 e. The molecule has 114 valence electrons. The number of allylic oxidation sites excluding steroid dienone is 2. The van der Waals surface area contributed by atoms with Gasteiger partial charge in [-0.3, -0.25) is 4.79 Å². The molecule has 1 aromatic heterocycles. The van der Waals surface area contributed by atoms with Crippen LogP contribution in [0.25, 0.3) is 0 Å². The minimum absolute atomic E-state index is 0.210. The molecule has 2 N–H and O–H groups in total. The summed E-state index contributed by atoms with van der Waals surface area (Å²) >= 11 is 1.25. The highest BCUT2D eigenvalue weighted by Crippen LogP contribution is 2.19. The number of hydrogen-bond donors (Lipinski definition) is 1. The third-order valence-electron chi connectivity index (χ3n) is 2.78. The number of aromatic nitrogens is 3. The second kappa shape index (κ2) is 7.04. The van der Waals surface area contributed by atoms with Gasteiger partial charge in [-0.15, -0.1) is 10.2 Å². The average Bonchev–Trinajstić information content (AvgIpc) is 2.80. The molecule has 0 unspecified atom stereocenters. The van der Waals surface area contributed by atoms with Gasteiger partial charge in [0.15, 0.2) is 10.9 Å². The highest BCUT2D eigenvalue weighted by Gasteiger charge is 2.08. The van der Waals surface area contributed by atoms with E-state index in [1.807, 2.05) is 6.92 Å². The van der Waals surface area contributed by atoms with Crippen LogP contribution in [0, 0.1) is 12.7 Å². The molecule has 2 aromatic rings. The Morgan fingerprint density at radius 2 is 2.09 bits per heavy atom. The fourth-order valence-electron chi connectivity index (χ4n) is 1.70. The fraction of sp³-hybridized carbons (Fsp3) is 0.133. The maximum atomic E-state index is 12.8. The number of rotatable bonds is 6. The molecule has 0 aliphatic rings.